The fourth-order valence-electron chi connectivity index (χ4n) is 4.67. The summed E-state index contributed by atoms with van der Waals surface area (Å²) in [5.74, 6) is -0.718. The van der Waals surface area contributed by atoms with Crippen molar-refractivity contribution >= 4 is 11.5 Å². The van der Waals surface area contributed by atoms with E-state index in [0.717, 1.165) is 30.4 Å². The second kappa shape index (κ2) is 12.7. The number of nitrogen functional groups attached to an aromatic ring is 1. The van der Waals surface area contributed by atoms with Crippen molar-refractivity contribution in [2.24, 2.45) is 5.92 Å². The number of Topliss-reactive ketones (excluding diaryl/α,β-unsaturated/α-hetero) is 1. The molecule has 0 heterocycles. The van der Waals surface area contributed by atoms with Crippen LogP contribution in [0.25, 0.3) is 0 Å². The molecule has 0 radical (unpaired) electrons. The van der Waals surface area contributed by atoms with Crippen LogP contribution in [0.5, 0.6) is 0 Å². The van der Waals surface area contributed by atoms with Crippen molar-refractivity contribution in [1.29, 1.82) is 0 Å². The summed E-state index contributed by atoms with van der Waals surface area (Å²) in [4.78, 5) is 13.7. The Morgan fingerprint density at radius 2 is 1.72 bits per heavy atom. The molecule has 2 aromatic carbocycles. The van der Waals surface area contributed by atoms with Crippen LogP contribution in [0, 0.1) is 5.92 Å². The summed E-state index contributed by atoms with van der Waals surface area (Å²) in [5, 5.41) is 11.5. The molecular formula is C27H39NO4. The minimum Gasteiger partial charge on any atom is -0.399 e. The third-order valence-corrected chi connectivity index (χ3v) is 6.28. The van der Waals surface area contributed by atoms with Gasteiger partial charge in [0.05, 0.1) is 11.5 Å². The molecule has 5 nitrogen and oxygen atoms in total. The summed E-state index contributed by atoms with van der Waals surface area (Å²) < 4.78 is 11.1. The van der Waals surface area contributed by atoms with Crippen LogP contribution in [0.2, 0.25) is 0 Å². The Hall–Kier alpha value is -2.21. The molecule has 3 atom stereocenters. The maximum atomic E-state index is 13.7. The van der Waals surface area contributed by atoms with Gasteiger partial charge in [-0.15, -0.1) is 0 Å². The number of aliphatic hydroxyl groups is 1. The van der Waals surface area contributed by atoms with Gasteiger partial charge in [-0.1, -0.05) is 62.7 Å². The normalized spacial score (nSPS) is 15.3. The summed E-state index contributed by atoms with van der Waals surface area (Å²) >= 11 is 0. The van der Waals surface area contributed by atoms with Crippen LogP contribution in [0.4, 0.5) is 5.69 Å². The van der Waals surface area contributed by atoms with Crippen molar-refractivity contribution < 1.29 is 19.4 Å². The predicted molar refractivity (Wildman–Crippen MR) is 129 cm³/mol. The maximum absolute atomic E-state index is 13.7. The number of benzene rings is 2. The first-order chi connectivity index (χ1) is 15.4. The molecule has 0 amide bonds. The first kappa shape index (κ1) is 26.0. The Balaban J connectivity index is 2.29. The smallest absolute Gasteiger partial charge is 0.167 e. The number of hydrogen-bond donors (Lipinski definition) is 2. The highest BCUT2D eigenvalue weighted by Gasteiger charge is 2.40. The van der Waals surface area contributed by atoms with Gasteiger partial charge in [0.1, 0.15) is 5.78 Å². The highest BCUT2D eigenvalue weighted by molar-refractivity contribution is 5.83. The fourth-order valence-corrected chi connectivity index (χ4v) is 4.67. The number of nitrogens with two attached hydrogens (primary N) is 1. The van der Waals surface area contributed by atoms with Crippen LogP contribution in [0.15, 0.2) is 54.6 Å². The Morgan fingerprint density at radius 3 is 2.28 bits per heavy atom. The standard InChI is InChI=1S/C27H39NO4/c1-5-16-27(30,17-15-20-11-8-7-9-12-20)19-24(29)25(26(31-3)32-4)23(6-2)21-13-10-14-22(28)18-21/h7-14,18,23,25-26,30H,5-6,15-17,19,28H2,1-4H3/t23-,25?,27-/m0/s1. The highest BCUT2D eigenvalue weighted by Crippen LogP contribution is 2.36. The first-order valence-corrected chi connectivity index (χ1v) is 11.6. The second-order valence-corrected chi connectivity index (χ2v) is 8.65. The lowest BCUT2D eigenvalue weighted by molar-refractivity contribution is -0.164. The van der Waals surface area contributed by atoms with E-state index in [-0.39, 0.29) is 18.1 Å². The third kappa shape index (κ3) is 7.16. The van der Waals surface area contributed by atoms with Gasteiger partial charge in [0.15, 0.2) is 6.29 Å². The first-order valence-electron chi connectivity index (χ1n) is 11.6. The molecule has 0 aliphatic heterocycles. The molecule has 2 aromatic rings. The summed E-state index contributed by atoms with van der Waals surface area (Å²) in [6.07, 6.45) is 2.71. The zero-order chi connectivity index (χ0) is 23.6. The van der Waals surface area contributed by atoms with Crippen LogP contribution < -0.4 is 5.73 Å². The summed E-state index contributed by atoms with van der Waals surface area (Å²) in [6, 6.07) is 17.7. The number of carbonyl (C=O) groups excluding carboxylic acids is 1. The minimum atomic E-state index is -1.07. The zero-order valence-corrected chi connectivity index (χ0v) is 19.9. The monoisotopic (exact) mass is 441 g/mol. The van der Waals surface area contributed by atoms with Gasteiger partial charge in [0.2, 0.25) is 0 Å². The molecule has 0 bridgehead atoms. The number of carbonyl (C=O) groups is 1. The Morgan fingerprint density at radius 1 is 1.03 bits per heavy atom. The molecular weight excluding hydrogens is 402 g/mol. The molecule has 32 heavy (non-hydrogen) atoms. The number of aryl methyl sites for hydroxylation is 1. The van der Waals surface area contributed by atoms with Crippen LogP contribution in [-0.4, -0.2) is 37.0 Å². The van der Waals surface area contributed by atoms with Crippen molar-refractivity contribution in [3.8, 4) is 0 Å². The summed E-state index contributed by atoms with van der Waals surface area (Å²) in [5.41, 5.74) is 7.74. The molecule has 0 aromatic heterocycles. The predicted octanol–water partition coefficient (Wildman–Crippen LogP) is 5.12. The minimum absolute atomic E-state index is 0.0445. The van der Waals surface area contributed by atoms with Crippen molar-refractivity contribution in [2.45, 2.75) is 70.2 Å². The van der Waals surface area contributed by atoms with E-state index in [2.05, 4.69) is 12.1 Å². The average molecular weight is 442 g/mol. The van der Waals surface area contributed by atoms with E-state index in [1.165, 1.54) is 0 Å². The van der Waals surface area contributed by atoms with E-state index in [0.29, 0.717) is 18.5 Å². The van der Waals surface area contributed by atoms with Gasteiger partial charge >= 0.3 is 0 Å². The van der Waals surface area contributed by atoms with E-state index >= 15 is 0 Å². The van der Waals surface area contributed by atoms with Crippen molar-refractivity contribution in [2.75, 3.05) is 20.0 Å². The molecule has 5 heteroatoms. The molecule has 0 aliphatic rings. The molecule has 3 N–H and O–H groups in total. The van der Waals surface area contributed by atoms with Gasteiger partial charge in [-0.2, -0.15) is 0 Å². The molecule has 0 saturated heterocycles. The number of ether oxygens (including phenoxy) is 2. The van der Waals surface area contributed by atoms with E-state index in [1.807, 2.05) is 56.3 Å². The average Bonchev–Trinajstić information content (AvgIpc) is 2.79. The fraction of sp³-hybridized carbons (Fsp3) is 0.519. The molecule has 0 aliphatic carbocycles. The van der Waals surface area contributed by atoms with Gasteiger partial charge in [-0.25, -0.2) is 0 Å². The SMILES string of the molecule is CCC[C@](O)(CCc1ccccc1)CC(=O)C(C(OC)OC)[C@@H](CC)c1cccc(N)c1. The van der Waals surface area contributed by atoms with Gasteiger partial charge < -0.3 is 20.3 Å². The van der Waals surface area contributed by atoms with Crippen LogP contribution in [0.1, 0.15) is 63.0 Å². The number of hydrogen-bond acceptors (Lipinski definition) is 5. The lowest BCUT2D eigenvalue weighted by Gasteiger charge is -2.34. The highest BCUT2D eigenvalue weighted by atomic mass is 16.7. The molecule has 0 fully saturated rings. The quantitative estimate of drug-likeness (QED) is 0.314. The zero-order valence-electron chi connectivity index (χ0n) is 19.9. The van der Waals surface area contributed by atoms with E-state index < -0.39 is 17.8 Å². The van der Waals surface area contributed by atoms with Gasteiger partial charge in [-0.05, 0) is 54.9 Å². The largest absolute Gasteiger partial charge is 0.399 e. The number of ketones is 1. The number of anilines is 1. The van der Waals surface area contributed by atoms with Gasteiger partial charge in [0.25, 0.3) is 0 Å². The van der Waals surface area contributed by atoms with Crippen molar-refractivity contribution in [3.63, 3.8) is 0 Å². The van der Waals surface area contributed by atoms with E-state index in [1.54, 1.807) is 14.2 Å². The third-order valence-electron chi connectivity index (χ3n) is 6.28. The molecule has 2 rings (SSSR count). The van der Waals surface area contributed by atoms with Crippen LogP contribution >= 0.6 is 0 Å². The van der Waals surface area contributed by atoms with Crippen LogP contribution in [-0.2, 0) is 20.7 Å². The van der Waals surface area contributed by atoms with Gasteiger partial charge in [-0.3, -0.25) is 4.79 Å². The summed E-state index contributed by atoms with van der Waals surface area (Å²) in [6.45, 7) is 4.08. The van der Waals surface area contributed by atoms with Crippen LogP contribution in [0.3, 0.4) is 0 Å². The van der Waals surface area contributed by atoms with Crippen molar-refractivity contribution in [3.05, 3.63) is 65.7 Å². The van der Waals surface area contributed by atoms with Gasteiger partial charge in [0, 0.05) is 26.3 Å². The number of methoxy groups -OCH3 is 2. The summed E-state index contributed by atoms with van der Waals surface area (Å²) in [7, 11) is 3.10. The van der Waals surface area contributed by atoms with Crippen molar-refractivity contribution in [1.82, 2.24) is 0 Å². The molecule has 0 saturated carbocycles. The van der Waals surface area contributed by atoms with E-state index in [4.69, 9.17) is 15.2 Å². The lowest BCUT2D eigenvalue weighted by atomic mass is 9.76. The molecule has 176 valence electrons. The maximum Gasteiger partial charge on any atom is 0.167 e. The Kier molecular flexibility index (Phi) is 10.4. The topological polar surface area (TPSA) is 81.8 Å². The van der Waals surface area contributed by atoms with E-state index in [9.17, 15) is 9.90 Å². The lowest BCUT2D eigenvalue weighted by Crippen LogP contribution is -2.41. The Labute approximate surface area is 192 Å². The Bertz CT molecular complexity index is 821. The molecule has 1 unspecified atom stereocenters. The molecule has 0 spiro atoms. The second-order valence-electron chi connectivity index (χ2n) is 8.65. The number of rotatable bonds is 14.